The molecular weight excluding hydrogens is 296 g/mol. The van der Waals surface area contributed by atoms with Gasteiger partial charge in [0, 0.05) is 24.2 Å². The van der Waals surface area contributed by atoms with Crippen LogP contribution in [0.1, 0.15) is 4.88 Å². The van der Waals surface area contributed by atoms with Crippen LogP contribution in [-0.2, 0) is 16.6 Å². The molecule has 2 N–H and O–H groups in total. The summed E-state index contributed by atoms with van der Waals surface area (Å²) in [5.41, 5.74) is 6.06. The fourth-order valence-electron chi connectivity index (χ4n) is 1.77. The number of nitrogen functional groups attached to an aromatic ring is 1. The molecule has 108 valence electrons. The first-order chi connectivity index (χ1) is 9.45. The molecule has 0 unspecified atom stereocenters. The van der Waals surface area contributed by atoms with Crippen LogP contribution in [0.5, 0.6) is 5.75 Å². The minimum absolute atomic E-state index is 0.0825. The Balaban J connectivity index is 2.36. The molecule has 0 radical (unpaired) electrons. The van der Waals surface area contributed by atoms with E-state index in [4.69, 9.17) is 10.5 Å². The number of nitrogens with two attached hydrogens (primary N) is 1. The summed E-state index contributed by atoms with van der Waals surface area (Å²) in [5.74, 6) is 0.289. The number of hydrogen-bond acceptors (Lipinski definition) is 5. The van der Waals surface area contributed by atoms with Crippen molar-refractivity contribution < 1.29 is 13.2 Å². The number of rotatable bonds is 5. The number of nitrogens with zero attached hydrogens (tertiary/aromatic N) is 1. The molecule has 0 saturated carbocycles. The smallest absolute Gasteiger partial charge is 0.246 e. The molecule has 0 spiro atoms. The molecule has 0 aliphatic heterocycles. The van der Waals surface area contributed by atoms with Crippen molar-refractivity contribution in [3.63, 3.8) is 0 Å². The Labute approximate surface area is 122 Å². The molecule has 0 aliphatic rings. The van der Waals surface area contributed by atoms with E-state index in [2.05, 4.69) is 0 Å². The maximum absolute atomic E-state index is 12.6. The van der Waals surface area contributed by atoms with E-state index in [1.807, 2.05) is 17.5 Å². The maximum Gasteiger partial charge on any atom is 0.246 e. The fourth-order valence-corrected chi connectivity index (χ4v) is 3.94. The number of hydrogen-bond donors (Lipinski definition) is 1. The van der Waals surface area contributed by atoms with Crippen LogP contribution >= 0.6 is 11.3 Å². The summed E-state index contributed by atoms with van der Waals surface area (Å²) in [5, 5.41) is 1.91. The molecule has 2 aromatic rings. The average Bonchev–Trinajstić information content (AvgIpc) is 2.91. The highest BCUT2D eigenvalue weighted by molar-refractivity contribution is 7.89. The second-order valence-electron chi connectivity index (χ2n) is 4.25. The molecule has 0 fully saturated rings. The Hall–Kier alpha value is -1.57. The third kappa shape index (κ3) is 2.95. The summed E-state index contributed by atoms with van der Waals surface area (Å²) in [6.07, 6.45) is 0. The normalized spacial score (nSPS) is 11.8. The lowest BCUT2D eigenvalue weighted by Crippen LogP contribution is -2.26. The Kier molecular flexibility index (Phi) is 4.32. The molecule has 1 heterocycles. The lowest BCUT2D eigenvalue weighted by molar-refractivity contribution is 0.398. The first-order valence-corrected chi connectivity index (χ1v) is 8.19. The van der Waals surface area contributed by atoms with Gasteiger partial charge in [-0.2, -0.15) is 4.31 Å². The zero-order valence-corrected chi connectivity index (χ0v) is 12.9. The highest BCUT2D eigenvalue weighted by atomic mass is 32.2. The summed E-state index contributed by atoms with van der Waals surface area (Å²) in [4.78, 5) is 1.05. The van der Waals surface area contributed by atoms with Crippen LogP contribution < -0.4 is 10.5 Å². The molecule has 0 amide bonds. The Morgan fingerprint density at radius 3 is 2.70 bits per heavy atom. The van der Waals surface area contributed by atoms with Crippen LogP contribution in [0.15, 0.2) is 40.6 Å². The van der Waals surface area contributed by atoms with Gasteiger partial charge in [0.05, 0.1) is 7.11 Å². The standard InChI is InChI=1S/C13H16N2O3S2/c1-15(9-11-4-3-7-19-11)20(16,17)13-8-10(14)5-6-12(13)18-2/h3-8H,9,14H2,1-2H3. The summed E-state index contributed by atoms with van der Waals surface area (Å²) < 4.78 is 31.6. The Morgan fingerprint density at radius 2 is 2.10 bits per heavy atom. The van der Waals surface area contributed by atoms with Crippen molar-refractivity contribution in [3.8, 4) is 5.75 Å². The van der Waals surface area contributed by atoms with Crippen molar-refractivity contribution in [2.45, 2.75) is 11.4 Å². The lowest BCUT2D eigenvalue weighted by atomic mass is 10.3. The zero-order valence-electron chi connectivity index (χ0n) is 11.2. The molecule has 5 nitrogen and oxygen atoms in total. The number of thiophene rings is 1. The van der Waals surface area contributed by atoms with Gasteiger partial charge in [0.25, 0.3) is 0 Å². The number of anilines is 1. The summed E-state index contributed by atoms with van der Waals surface area (Å²) in [6, 6.07) is 8.37. The number of methoxy groups -OCH3 is 1. The van der Waals surface area contributed by atoms with Crippen LogP contribution in [0.4, 0.5) is 5.69 Å². The van der Waals surface area contributed by atoms with Gasteiger partial charge in [-0.3, -0.25) is 0 Å². The van der Waals surface area contributed by atoms with Gasteiger partial charge in [-0.1, -0.05) is 6.07 Å². The summed E-state index contributed by atoms with van der Waals surface area (Å²) in [7, 11) is -0.672. The number of ether oxygens (including phenoxy) is 1. The minimum Gasteiger partial charge on any atom is -0.495 e. The fraction of sp³-hybridized carbons (Fsp3) is 0.231. The third-order valence-corrected chi connectivity index (χ3v) is 5.52. The number of benzene rings is 1. The molecule has 7 heteroatoms. The van der Waals surface area contributed by atoms with E-state index in [0.29, 0.717) is 12.2 Å². The highest BCUT2D eigenvalue weighted by Crippen LogP contribution is 2.29. The topological polar surface area (TPSA) is 72.6 Å². The first kappa shape index (κ1) is 14.8. The van der Waals surface area contributed by atoms with Crippen molar-refractivity contribution in [3.05, 3.63) is 40.6 Å². The molecule has 20 heavy (non-hydrogen) atoms. The van der Waals surface area contributed by atoms with Gasteiger partial charge in [0.2, 0.25) is 10.0 Å². The van der Waals surface area contributed by atoms with Gasteiger partial charge < -0.3 is 10.5 Å². The molecule has 1 aromatic heterocycles. The van der Waals surface area contributed by atoms with Crippen molar-refractivity contribution >= 4 is 27.0 Å². The zero-order chi connectivity index (χ0) is 14.8. The minimum atomic E-state index is -3.65. The van der Waals surface area contributed by atoms with Crippen LogP contribution in [0.3, 0.4) is 0 Å². The monoisotopic (exact) mass is 312 g/mol. The van der Waals surface area contributed by atoms with E-state index < -0.39 is 10.0 Å². The predicted octanol–water partition coefficient (Wildman–Crippen LogP) is 2.16. The Bertz CT molecular complexity index is 682. The van der Waals surface area contributed by atoms with E-state index in [1.165, 1.54) is 35.9 Å². The second kappa shape index (κ2) is 5.82. The van der Waals surface area contributed by atoms with Gasteiger partial charge in [-0.25, -0.2) is 8.42 Å². The number of sulfonamides is 1. The van der Waals surface area contributed by atoms with Crippen LogP contribution in [0, 0.1) is 0 Å². The van der Waals surface area contributed by atoms with Crippen molar-refractivity contribution in [2.75, 3.05) is 19.9 Å². The molecule has 2 rings (SSSR count). The first-order valence-electron chi connectivity index (χ1n) is 5.87. The van der Waals surface area contributed by atoms with Gasteiger partial charge >= 0.3 is 0 Å². The largest absolute Gasteiger partial charge is 0.495 e. The molecule has 0 atom stereocenters. The van der Waals surface area contributed by atoms with Gasteiger partial charge in [-0.15, -0.1) is 11.3 Å². The quantitative estimate of drug-likeness (QED) is 0.859. The maximum atomic E-state index is 12.6. The predicted molar refractivity (Wildman–Crippen MR) is 80.4 cm³/mol. The summed E-state index contributed by atoms with van der Waals surface area (Å²) in [6.45, 7) is 0.317. The van der Waals surface area contributed by atoms with Crippen molar-refractivity contribution in [1.29, 1.82) is 0 Å². The molecular formula is C13H16N2O3S2. The van der Waals surface area contributed by atoms with E-state index in [0.717, 1.165) is 4.88 Å². The molecule has 0 bridgehead atoms. The highest BCUT2D eigenvalue weighted by Gasteiger charge is 2.25. The van der Waals surface area contributed by atoms with Gasteiger partial charge in [0.1, 0.15) is 10.6 Å². The summed E-state index contributed by atoms with van der Waals surface area (Å²) >= 11 is 1.51. The lowest BCUT2D eigenvalue weighted by Gasteiger charge is -2.18. The molecule has 0 saturated heterocycles. The molecule has 0 aliphatic carbocycles. The SMILES string of the molecule is COc1ccc(N)cc1S(=O)(=O)N(C)Cc1cccs1. The van der Waals surface area contributed by atoms with Gasteiger partial charge in [0.15, 0.2) is 0 Å². The van der Waals surface area contributed by atoms with Crippen molar-refractivity contribution in [2.24, 2.45) is 0 Å². The van der Waals surface area contributed by atoms with E-state index in [-0.39, 0.29) is 10.6 Å². The van der Waals surface area contributed by atoms with Gasteiger partial charge in [-0.05, 0) is 29.6 Å². The molecule has 1 aromatic carbocycles. The van der Waals surface area contributed by atoms with Crippen LogP contribution in [0.2, 0.25) is 0 Å². The van der Waals surface area contributed by atoms with Crippen molar-refractivity contribution in [1.82, 2.24) is 4.31 Å². The van der Waals surface area contributed by atoms with E-state index in [1.54, 1.807) is 12.1 Å². The van der Waals surface area contributed by atoms with E-state index in [9.17, 15) is 8.42 Å². The van der Waals surface area contributed by atoms with E-state index >= 15 is 0 Å². The third-order valence-electron chi connectivity index (χ3n) is 2.83. The van der Waals surface area contributed by atoms with Crippen LogP contribution in [-0.4, -0.2) is 26.9 Å². The van der Waals surface area contributed by atoms with Crippen LogP contribution in [0.25, 0.3) is 0 Å². The Morgan fingerprint density at radius 1 is 1.35 bits per heavy atom. The second-order valence-corrected chi connectivity index (χ2v) is 7.30. The average molecular weight is 312 g/mol.